The summed E-state index contributed by atoms with van der Waals surface area (Å²) in [6.45, 7) is 13.8. The minimum absolute atomic E-state index is 0.00739. The van der Waals surface area contributed by atoms with Gasteiger partial charge in [-0.3, -0.25) is 9.69 Å². The van der Waals surface area contributed by atoms with E-state index in [2.05, 4.69) is 29.0 Å². The predicted octanol–water partition coefficient (Wildman–Crippen LogP) is 1.82. The minimum atomic E-state index is -3.46. The number of piperazine rings is 1. The van der Waals surface area contributed by atoms with Crippen LogP contribution >= 0.6 is 0 Å². The molecule has 0 bridgehead atoms. The number of amides is 1. The lowest BCUT2D eigenvalue weighted by molar-refractivity contribution is -0.135. The minimum Gasteiger partial charge on any atom is -0.353 e. The average Bonchev–Trinajstić information content (AvgIpc) is 2.93. The van der Waals surface area contributed by atoms with Crippen LogP contribution in [0.25, 0.3) is 0 Å². The van der Waals surface area contributed by atoms with E-state index < -0.39 is 20.6 Å². The normalized spacial score (nSPS) is 18.5. The largest absolute Gasteiger partial charge is 0.353 e. The molecule has 0 saturated carbocycles. The summed E-state index contributed by atoms with van der Waals surface area (Å²) >= 11 is 0. The van der Waals surface area contributed by atoms with Gasteiger partial charge in [0.15, 0.2) is 0 Å². The fraction of sp³-hybridized carbons (Fsp3) is 0.778. The molecule has 0 unspecified atom stereocenters. The standard InChI is InChI=1S/C18H32N4O3S/c1-13(2)7-9-22-15(11-20-17(22)26(24,25)14(3)4)12-21-10-8-19-16(23)18(21,5)6/h11,13-14H,7-10,12H2,1-6H3,(H,19,23). The number of imidazole rings is 1. The molecule has 0 spiro atoms. The van der Waals surface area contributed by atoms with E-state index in [1.807, 2.05) is 18.4 Å². The average molecular weight is 385 g/mol. The van der Waals surface area contributed by atoms with Gasteiger partial charge in [0.25, 0.3) is 0 Å². The van der Waals surface area contributed by atoms with E-state index in [-0.39, 0.29) is 11.1 Å². The van der Waals surface area contributed by atoms with Crippen molar-refractivity contribution in [3.05, 3.63) is 11.9 Å². The van der Waals surface area contributed by atoms with Crippen LogP contribution in [-0.2, 0) is 27.7 Å². The van der Waals surface area contributed by atoms with E-state index in [9.17, 15) is 13.2 Å². The molecule has 1 aromatic heterocycles. The molecule has 0 radical (unpaired) electrons. The van der Waals surface area contributed by atoms with Gasteiger partial charge in [0.05, 0.1) is 22.7 Å². The van der Waals surface area contributed by atoms with E-state index in [0.29, 0.717) is 25.6 Å². The third-order valence-corrected chi connectivity index (χ3v) is 7.15. The Hall–Kier alpha value is -1.41. The van der Waals surface area contributed by atoms with Gasteiger partial charge in [-0.2, -0.15) is 0 Å². The molecular weight excluding hydrogens is 352 g/mol. The molecular formula is C18H32N4O3S. The zero-order valence-corrected chi connectivity index (χ0v) is 17.6. The predicted molar refractivity (Wildman–Crippen MR) is 102 cm³/mol. The molecule has 7 nitrogen and oxygen atoms in total. The van der Waals surface area contributed by atoms with Crippen LogP contribution in [0.5, 0.6) is 0 Å². The van der Waals surface area contributed by atoms with Crippen LogP contribution in [0.3, 0.4) is 0 Å². The van der Waals surface area contributed by atoms with Gasteiger partial charge in [0.1, 0.15) is 0 Å². The Kier molecular flexibility index (Phi) is 6.17. The van der Waals surface area contributed by atoms with Crippen LogP contribution in [0.2, 0.25) is 0 Å². The first-order valence-electron chi connectivity index (χ1n) is 9.29. The molecule has 26 heavy (non-hydrogen) atoms. The summed E-state index contributed by atoms with van der Waals surface area (Å²) in [5.74, 6) is 0.448. The third-order valence-electron chi connectivity index (χ3n) is 5.07. The second kappa shape index (κ2) is 7.68. The van der Waals surface area contributed by atoms with Gasteiger partial charge in [-0.25, -0.2) is 13.4 Å². The number of aromatic nitrogens is 2. The second-order valence-electron chi connectivity index (χ2n) is 8.20. The van der Waals surface area contributed by atoms with Gasteiger partial charge in [-0.05, 0) is 40.0 Å². The molecule has 1 fully saturated rings. The summed E-state index contributed by atoms with van der Waals surface area (Å²) in [4.78, 5) is 18.6. The lowest BCUT2D eigenvalue weighted by Gasteiger charge is -2.41. The first-order chi connectivity index (χ1) is 12.0. The Balaban J connectivity index is 2.39. The van der Waals surface area contributed by atoms with Crippen LogP contribution < -0.4 is 5.32 Å². The van der Waals surface area contributed by atoms with Gasteiger partial charge < -0.3 is 9.88 Å². The van der Waals surface area contributed by atoms with Gasteiger partial charge in [-0.1, -0.05) is 13.8 Å². The van der Waals surface area contributed by atoms with Crippen molar-refractivity contribution in [3.63, 3.8) is 0 Å². The molecule has 1 N–H and O–H groups in total. The zero-order valence-electron chi connectivity index (χ0n) is 16.7. The Morgan fingerprint density at radius 3 is 2.50 bits per heavy atom. The Morgan fingerprint density at radius 2 is 1.92 bits per heavy atom. The molecule has 1 aliphatic rings. The highest BCUT2D eigenvalue weighted by Gasteiger charge is 2.38. The van der Waals surface area contributed by atoms with E-state index >= 15 is 0 Å². The number of carbonyl (C=O) groups is 1. The van der Waals surface area contributed by atoms with Crippen molar-refractivity contribution in [1.82, 2.24) is 19.8 Å². The molecule has 0 aliphatic carbocycles. The topological polar surface area (TPSA) is 84.3 Å². The number of sulfone groups is 1. The maximum atomic E-state index is 12.7. The summed E-state index contributed by atoms with van der Waals surface area (Å²) in [7, 11) is -3.46. The summed E-state index contributed by atoms with van der Waals surface area (Å²) in [5, 5.41) is 2.51. The number of hydrogen-bond acceptors (Lipinski definition) is 5. The van der Waals surface area contributed by atoms with Crippen molar-refractivity contribution < 1.29 is 13.2 Å². The van der Waals surface area contributed by atoms with Crippen molar-refractivity contribution in [2.24, 2.45) is 5.92 Å². The Bertz CT molecular complexity index is 750. The molecule has 2 rings (SSSR count). The molecule has 1 amide bonds. The van der Waals surface area contributed by atoms with Crippen molar-refractivity contribution in [3.8, 4) is 0 Å². The molecule has 1 aliphatic heterocycles. The number of nitrogens with zero attached hydrogens (tertiary/aromatic N) is 3. The fourth-order valence-electron chi connectivity index (χ4n) is 3.00. The second-order valence-corrected chi connectivity index (χ2v) is 10.6. The highest BCUT2D eigenvalue weighted by atomic mass is 32.2. The summed E-state index contributed by atoms with van der Waals surface area (Å²) in [5.41, 5.74) is 0.204. The van der Waals surface area contributed by atoms with Crippen LogP contribution in [-0.4, -0.2) is 52.7 Å². The van der Waals surface area contributed by atoms with Gasteiger partial charge >= 0.3 is 0 Å². The Morgan fingerprint density at radius 1 is 1.27 bits per heavy atom. The molecule has 2 heterocycles. The maximum Gasteiger partial charge on any atom is 0.240 e. The Labute approximate surface area is 157 Å². The maximum absolute atomic E-state index is 12.7. The van der Waals surface area contributed by atoms with E-state index in [1.54, 1.807) is 20.0 Å². The lowest BCUT2D eigenvalue weighted by atomic mass is 9.99. The quantitative estimate of drug-likeness (QED) is 0.775. The summed E-state index contributed by atoms with van der Waals surface area (Å²) in [6.07, 6.45) is 2.52. The molecule has 148 valence electrons. The SMILES string of the molecule is CC(C)CCn1c(CN2CCNC(=O)C2(C)C)cnc1S(=O)(=O)C(C)C. The highest BCUT2D eigenvalue weighted by Crippen LogP contribution is 2.24. The summed E-state index contributed by atoms with van der Waals surface area (Å²) < 4.78 is 27.3. The van der Waals surface area contributed by atoms with Crippen LogP contribution in [0.15, 0.2) is 11.4 Å². The van der Waals surface area contributed by atoms with Crippen molar-refractivity contribution >= 4 is 15.7 Å². The number of hydrogen-bond donors (Lipinski definition) is 1. The monoisotopic (exact) mass is 384 g/mol. The van der Waals surface area contributed by atoms with E-state index in [4.69, 9.17) is 0 Å². The van der Waals surface area contributed by atoms with Crippen molar-refractivity contribution in [1.29, 1.82) is 0 Å². The molecule has 8 heteroatoms. The zero-order chi connectivity index (χ0) is 19.7. The molecule has 1 aromatic rings. The first kappa shape index (κ1) is 20.9. The van der Waals surface area contributed by atoms with E-state index in [0.717, 1.165) is 18.7 Å². The lowest BCUT2D eigenvalue weighted by Crippen LogP contribution is -2.61. The van der Waals surface area contributed by atoms with Gasteiger partial charge in [-0.15, -0.1) is 0 Å². The smallest absolute Gasteiger partial charge is 0.240 e. The molecule has 0 atom stereocenters. The number of rotatable bonds is 7. The van der Waals surface area contributed by atoms with Gasteiger partial charge in [0, 0.05) is 26.2 Å². The van der Waals surface area contributed by atoms with E-state index in [1.165, 1.54) is 0 Å². The summed E-state index contributed by atoms with van der Waals surface area (Å²) in [6, 6.07) is 0. The van der Waals surface area contributed by atoms with Crippen molar-refractivity contribution in [2.45, 2.75) is 77.0 Å². The van der Waals surface area contributed by atoms with Gasteiger partial charge in [0.2, 0.25) is 20.9 Å². The molecule has 0 aromatic carbocycles. The fourth-order valence-corrected chi connectivity index (χ4v) is 4.14. The number of carbonyl (C=O) groups excluding carboxylic acids is 1. The molecule has 1 saturated heterocycles. The third kappa shape index (κ3) is 4.11. The van der Waals surface area contributed by atoms with Crippen LogP contribution in [0.1, 0.15) is 53.7 Å². The number of nitrogens with one attached hydrogen (secondary N) is 1. The first-order valence-corrected chi connectivity index (χ1v) is 10.8. The highest BCUT2D eigenvalue weighted by molar-refractivity contribution is 7.91. The van der Waals surface area contributed by atoms with Crippen LogP contribution in [0, 0.1) is 5.92 Å². The van der Waals surface area contributed by atoms with Crippen molar-refractivity contribution in [2.75, 3.05) is 13.1 Å². The van der Waals surface area contributed by atoms with Crippen LogP contribution in [0.4, 0.5) is 0 Å².